The molecule has 1 aromatic rings. The van der Waals surface area contributed by atoms with Gasteiger partial charge in [-0.1, -0.05) is 9.95 Å². The molecule has 1 heterocycles. The number of hydrogen-bond donors (Lipinski definition) is 0. The third-order valence-corrected chi connectivity index (χ3v) is 3.17. The molecule has 5 nitrogen and oxygen atoms in total. The number of hydrogen-bond acceptors (Lipinski definition) is 4. The van der Waals surface area contributed by atoms with Gasteiger partial charge in [0.2, 0.25) is 5.91 Å². The van der Waals surface area contributed by atoms with Crippen molar-refractivity contribution in [2.45, 2.75) is 19.8 Å². The van der Waals surface area contributed by atoms with E-state index >= 15 is 0 Å². The molecule has 0 N–H and O–H groups in total. The van der Waals surface area contributed by atoms with E-state index in [2.05, 4.69) is 4.18 Å². The number of benzene rings is 1. The predicted molar refractivity (Wildman–Crippen MR) is 63.4 cm³/mol. The van der Waals surface area contributed by atoms with Gasteiger partial charge in [-0.15, -0.1) is 0 Å². The summed E-state index contributed by atoms with van der Waals surface area (Å²) in [6.45, 7) is 2.28. The number of nitrogens with zero attached hydrogens (tertiary/aromatic N) is 1. The Labute approximate surface area is 105 Å². The van der Waals surface area contributed by atoms with Gasteiger partial charge in [0.05, 0.1) is 5.69 Å². The number of carbonyl (C=O) groups excluding carboxylic acids is 1. The lowest BCUT2D eigenvalue weighted by molar-refractivity contribution is -0.118. The van der Waals surface area contributed by atoms with Crippen LogP contribution in [0.3, 0.4) is 0 Å². The summed E-state index contributed by atoms with van der Waals surface area (Å²) in [7, 11) is -5.05. The number of anilines is 1. The first-order valence-electron chi connectivity index (χ1n) is 5.48. The Balaban J connectivity index is 2.48. The van der Waals surface area contributed by atoms with Crippen LogP contribution in [0.4, 0.5) is 9.57 Å². The maximum atomic E-state index is 12.6. The van der Waals surface area contributed by atoms with Crippen molar-refractivity contribution in [1.82, 2.24) is 0 Å². The monoisotopic (exact) mass is 273 g/mol. The fourth-order valence-electron chi connectivity index (χ4n) is 2.09. The number of fused-ring (bicyclic) bond motifs is 1. The lowest BCUT2D eigenvalue weighted by atomic mass is 10.0. The minimum atomic E-state index is -5.05. The molecule has 98 valence electrons. The van der Waals surface area contributed by atoms with E-state index in [0.717, 1.165) is 0 Å². The third kappa shape index (κ3) is 2.45. The molecule has 1 aliphatic rings. The molecule has 1 aromatic carbocycles. The molecule has 0 aliphatic carbocycles. The fourth-order valence-corrected chi connectivity index (χ4v) is 2.46. The van der Waals surface area contributed by atoms with Crippen LogP contribution in [0.15, 0.2) is 18.2 Å². The van der Waals surface area contributed by atoms with Crippen LogP contribution in [0.1, 0.15) is 18.9 Å². The lowest BCUT2D eigenvalue weighted by Gasteiger charge is -2.29. The molecule has 0 fully saturated rings. The van der Waals surface area contributed by atoms with Gasteiger partial charge in [-0.2, -0.15) is 8.42 Å². The van der Waals surface area contributed by atoms with Crippen molar-refractivity contribution < 1.29 is 21.3 Å². The Morgan fingerprint density at radius 3 is 2.72 bits per heavy atom. The van der Waals surface area contributed by atoms with E-state index in [4.69, 9.17) is 0 Å². The SMILES string of the molecule is CCN1C(=O)CCc2c(OS(=O)(=O)F)cccc21. The summed E-state index contributed by atoms with van der Waals surface area (Å²) < 4.78 is 37.9. The van der Waals surface area contributed by atoms with Gasteiger partial charge in [0.15, 0.2) is 5.75 Å². The molecular weight excluding hydrogens is 261 g/mol. The number of amides is 1. The number of halogens is 1. The predicted octanol–water partition coefficient (Wildman–Crippen LogP) is 1.58. The van der Waals surface area contributed by atoms with E-state index in [0.29, 0.717) is 24.2 Å². The van der Waals surface area contributed by atoms with Crippen molar-refractivity contribution in [2.24, 2.45) is 0 Å². The van der Waals surface area contributed by atoms with Crippen LogP contribution in [0.25, 0.3) is 0 Å². The van der Waals surface area contributed by atoms with Crippen molar-refractivity contribution in [3.63, 3.8) is 0 Å². The van der Waals surface area contributed by atoms with Gasteiger partial charge in [0.25, 0.3) is 0 Å². The molecule has 2 rings (SSSR count). The maximum Gasteiger partial charge on any atom is 0.488 e. The highest BCUT2D eigenvalue weighted by Gasteiger charge is 2.26. The second-order valence-electron chi connectivity index (χ2n) is 3.87. The highest BCUT2D eigenvalue weighted by molar-refractivity contribution is 7.81. The van der Waals surface area contributed by atoms with E-state index < -0.39 is 10.5 Å². The van der Waals surface area contributed by atoms with Crippen molar-refractivity contribution in [2.75, 3.05) is 11.4 Å². The standard InChI is InChI=1S/C11H12FNO4S/c1-2-13-9-4-3-5-10(17-18(12,15)16)8(9)6-7-11(13)14/h3-5H,2,6-7H2,1H3. The lowest BCUT2D eigenvalue weighted by Crippen LogP contribution is -2.35. The molecule has 1 amide bonds. The highest BCUT2D eigenvalue weighted by Crippen LogP contribution is 2.35. The minimum absolute atomic E-state index is 0.0368. The van der Waals surface area contributed by atoms with E-state index in [9.17, 15) is 17.1 Å². The fraction of sp³-hybridized carbons (Fsp3) is 0.364. The van der Waals surface area contributed by atoms with Gasteiger partial charge in [-0.05, 0) is 25.5 Å². The molecular formula is C11H12FNO4S. The second-order valence-corrected chi connectivity index (χ2v) is 4.82. The molecule has 0 atom stereocenters. The Kier molecular flexibility index (Phi) is 3.25. The van der Waals surface area contributed by atoms with Crippen LogP contribution in [-0.4, -0.2) is 20.9 Å². The van der Waals surface area contributed by atoms with Crippen LogP contribution in [-0.2, 0) is 21.7 Å². The van der Waals surface area contributed by atoms with Crippen molar-refractivity contribution in [3.05, 3.63) is 23.8 Å². The molecule has 0 unspecified atom stereocenters. The summed E-state index contributed by atoms with van der Waals surface area (Å²) >= 11 is 0. The molecule has 0 radical (unpaired) electrons. The van der Waals surface area contributed by atoms with E-state index in [1.54, 1.807) is 6.07 Å². The molecule has 0 bridgehead atoms. The minimum Gasteiger partial charge on any atom is -0.358 e. The summed E-state index contributed by atoms with van der Waals surface area (Å²) in [5, 5.41) is 0. The smallest absolute Gasteiger partial charge is 0.358 e. The third-order valence-electron chi connectivity index (χ3n) is 2.79. The Morgan fingerprint density at radius 2 is 2.11 bits per heavy atom. The van der Waals surface area contributed by atoms with Crippen LogP contribution in [0.2, 0.25) is 0 Å². The van der Waals surface area contributed by atoms with Crippen LogP contribution in [0, 0.1) is 0 Å². The van der Waals surface area contributed by atoms with E-state index in [1.165, 1.54) is 17.0 Å². The van der Waals surface area contributed by atoms with Crippen LogP contribution >= 0.6 is 0 Å². The van der Waals surface area contributed by atoms with Gasteiger partial charge in [0.1, 0.15) is 0 Å². The molecule has 0 saturated heterocycles. The molecule has 0 aromatic heterocycles. The molecule has 7 heteroatoms. The Hall–Kier alpha value is -1.63. The zero-order chi connectivity index (χ0) is 13.3. The molecule has 18 heavy (non-hydrogen) atoms. The first-order valence-corrected chi connectivity index (χ1v) is 6.79. The topological polar surface area (TPSA) is 63.7 Å². The number of carbonyl (C=O) groups is 1. The quantitative estimate of drug-likeness (QED) is 0.784. The highest BCUT2D eigenvalue weighted by atomic mass is 32.3. The summed E-state index contributed by atoms with van der Waals surface area (Å²) in [4.78, 5) is 13.2. The molecule has 1 aliphatic heterocycles. The van der Waals surface area contributed by atoms with Gasteiger partial charge < -0.3 is 9.08 Å². The van der Waals surface area contributed by atoms with E-state index in [-0.39, 0.29) is 18.1 Å². The summed E-state index contributed by atoms with van der Waals surface area (Å²) in [6, 6.07) is 4.59. The van der Waals surface area contributed by atoms with Gasteiger partial charge >= 0.3 is 10.5 Å². The first-order chi connectivity index (χ1) is 8.42. The largest absolute Gasteiger partial charge is 0.488 e. The average molecular weight is 273 g/mol. The molecule has 0 saturated carbocycles. The second kappa shape index (κ2) is 4.56. The summed E-state index contributed by atoms with van der Waals surface area (Å²) in [6.07, 6.45) is 0.601. The van der Waals surface area contributed by atoms with Crippen molar-refractivity contribution in [3.8, 4) is 5.75 Å². The average Bonchev–Trinajstić information content (AvgIpc) is 2.27. The maximum absolute atomic E-state index is 12.6. The zero-order valence-corrected chi connectivity index (χ0v) is 10.5. The Morgan fingerprint density at radius 1 is 1.39 bits per heavy atom. The molecule has 0 spiro atoms. The van der Waals surface area contributed by atoms with Crippen LogP contribution < -0.4 is 9.08 Å². The first kappa shape index (κ1) is 12.8. The van der Waals surface area contributed by atoms with Crippen molar-refractivity contribution >= 4 is 22.1 Å². The van der Waals surface area contributed by atoms with Gasteiger partial charge in [-0.3, -0.25) is 4.79 Å². The summed E-state index contributed by atoms with van der Waals surface area (Å²) in [5.74, 6) is -0.0915. The van der Waals surface area contributed by atoms with E-state index in [1.807, 2.05) is 6.92 Å². The van der Waals surface area contributed by atoms with Crippen LogP contribution in [0.5, 0.6) is 5.75 Å². The van der Waals surface area contributed by atoms with Gasteiger partial charge in [0, 0.05) is 18.5 Å². The normalized spacial score (nSPS) is 15.4. The summed E-state index contributed by atoms with van der Waals surface area (Å²) in [5.41, 5.74) is 1.12. The Bertz CT molecular complexity index is 585. The number of rotatable bonds is 3. The van der Waals surface area contributed by atoms with Crippen molar-refractivity contribution in [1.29, 1.82) is 0 Å². The van der Waals surface area contributed by atoms with Gasteiger partial charge in [-0.25, -0.2) is 0 Å². The zero-order valence-electron chi connectivity index (χ0n) is 9.72.